The Morgan fingerprint density at radius 3 is 1.74 bits per heavy atom. The summed E-state index contributed by atoms with van der Waals surface area (Å²) in [5.74, 6) is -7.16. The minimum Gasteiger partial charge on any atom is -0.508 e. The van der Waals surface area contributed by atoms with E-state index >= 15 is 0 Å². The Hall–Kier alpha value is -5.60. The molecule has 1 aliphatic heterocycles. The lowest BCUT2D eigenvalue weighted by Crippen LogP contribution is -2.60. The fraction of sp³-hybridized carbons (Fsp3) is 0.694. The van der Waals surface area contributed by atoms with Crippen LogP contribution in [0.1, 0.15) is 110 Å². The number of amides is 8. The highest BCUT2D eigenvalue weighted by Crippen LogP contribution is 2.22. The van der Waals surface area contributed by atoms with Gasteiger partial charge >= 0.3 is 5.97 Å². The molecule has 1 aliphatic rings. The van der Waals surface area contributed by atoms with E-state index in [1.54, 1.807) is 25.3 Å². The molecular formula is C49H84N12O12S. The number of nitrogens with zero attached hydrogens (tertiary/aromatic N) is 1. The molecular weight excluding hydrogens is 981 g/mol. The van der Waals surface area contributed by atoms with E-state index in [0.29, 0.717) is 88.7 Å². The summed E-state index contributed by atoms with van der Waals surface area (Å²) in [6.45, 7) is 5.32. The number of hydrogen-bond acceptors (Lipinski definition) is 16. The van der Waals surface area contributed by atoms with Crippen LogP contribution >= 0.6 is 11.8 Å². The number of rotatable bonds is 36. The first kappa shape index (κ1) is 64.5. The third kappa shape index (κ3) is 22.5. The molecule has 1 fully saturated rings. The van der Waals surface area contributed by atoms with Gasteiger partial charge in [0, 0.05) is 13.0 Å². The number of aromatic hydroxyl groups is 1. The SMILES string of the molecule is CC[C@H](C)[C@H](NC(=O)[C@H](Cc1ccc(O)cc1)NC(=O)[C@H](CCCCN)NC(=O)[C@@H](N)CCCCN)C(=O)N1CCC[C@H]1C(=O)NCC(=O)N[C@H](C(=O)N[C@@H](CCCCN)C(=O)N[C@@H](CCSC)C(=O)O)[C@@H](C)O. The van der Waals surface area contributed by atoms with E-state index in [4.69, 9.17) is 22.9 Å². The monoisotopic (exact) mass is 1060 g/mol. The normalized spacial score (nSPS) is 16.9. The fourth-order valence-corrected chi connectivity index (χ4v) is 8.62. The lowest BCUT2D eigenvalue weighted by molar-refractivity contribution is -0.143. The van der Waals surface area contributed by atoms with E-state index in [-0.39, 0.29) is 44.4 Å². The quantitative estimate of drug-likeness (QED) is 0.0321. The first-order valence-corrected chi connectivity index (χ1v) is 27.0. The van der Waals surface area contributed by atoms with Crippen LogP contribution in [0, 0.1) is 5.92 Å². The molecule has 18 N–H and O–H groups in total. The van der Waals surface area contributed by atoms with Crippen molar-refractivity contribution in [3.63, 3.8) is 0 Å². The first-order valence-electron chi connectivity index (χ1n) is 25.7. The summed E-state index contributed by atoms with van der Waals surface area (Å²) >= 11 is 1.40. The number of carbonyl (C=O) groups excluding carboxylic acids is 8. The zero-order chi connectivity index (χ0) is 55.3. The number of nitrogens with one attached hydrogen (secondary N) is 7. The topological polar surface area (TPSA) is 406 Å². The van der Waals surface area contributed by atoms with Crippen LogP contribution < -0.4 is 60.2 Å². The second kappa shape index (κ2) is 34.8. The van der Waals surface area contributed by atoms with E-state index < -0.39 is 120 Å². The van der Waals surface area contributed by atoms with Crippen LogP contribution in [0.5, 0.6) is 5.75 Å². The number of carboxylic acid groups (broad SMARTS) is 1. The molecule has 1 heterocycles. The smallest absolute Gasteiger partial charge is 0.326 e. The summed E-state index contributed by atoms with van der Waals surface area (Å²) in [5.41, 5.74) is 23.6. The summed E-state index contributed by atoms with van der Waals surface area (Å²) in [4.78, 5) is 123. The van der Waals surface area contributed by atoms with E-state index in [1.165, 1.54) is 35.7 Å². The van der Waals surface area contributed by atoms with Gasteiger partial charge in [0.1, 0.15) is 48.0 Å². The van der Waals surface area contributed by atoms with Gasteiger partial charge in [-0.1, -0.05) is 38.8 Å². The van der Waals surface area contributed by atoms with Crippen molar-refractivity contribution in [3.8, 4) is 5.75 Å². The molecule has 0 spiro atoms. The van der Waals surface area contributed by atoms with Crippen LogP contribution in [0.3, 0.4) is 0 Å². The molecule has 74 heavy (non-hydrogen) atoms. The lowest BCUT2D eigenvalue weighted by atomic mass is 9.96. The van der Waals surface area contributed by atoms with Crippen molar-refractivity contribution in [2.75, 3.05) is 44.7 Å². The zero-order valence-corrected chi connectivity index (χ0v) is 44.2. The standard InChI is InChI=1S/C49H84N12O12S/c1-5-29(2)40(60-45(68)37(27-31-17-19-32(63)20-18-31)58-44(67)34(14-7-10-23-51)55-42(65)33(53)13-6-9-22-50)48(71)61-25-12-16-38(61)46(69)54-28-39(64)59-41(30(3)62)47(70)56-35(15-8-11-24-52)43(66)57-36(49(72)73)21-26-74-4/h17-20,29-30,33-38,40-41,62-63H,5-16,21-28,50-53H2,1-4H3,(H,54,69)(H,55,65)(H,56,70)(H,57,66)(H,58,67)(H,59,64)(H,60,68)(H,72,73)/t29-,30+,33-,34-,35-,36-,37-,38-,40-,41-/m0/s1. The molecule has 0 bridgehead atoms. The molecule has 1 aromatic rings. The van der Waals surface area contributed by atoms with Crippen LogP contribution in [0.15, 0.2) is 24.3 Å². The molecule has 0 saturated carbocycles. The number of aliphatic hydroxyl groups is 1. The van der Waals surface area contributed by atoms with Gasteiger partial charge in [-0.05, 0) is 133 Å². The summed E-state index contributed by atoms with van der Waals surface area (Å²) in [5, 5.41) is 48.3. The Kier molecular flexibility index (Phi) is 30.3. The molecule has 24 nitrogen and oxygen atoms in total. The van der Waals surface area contributed by atoms with Gasteiger partial charge in [-0.15, -0.1) is 0 Å². The first-order chi connectivity index (χ1) is 35.2. The lowest BCUT2D eigenvalue weighted by Gasteiger charge is -2.32. The molecule has 10 atom stereocenters. The van der Waals surface area contributed by atoms with Crippen molar-refractivity contribution < 1.29 is 58.5 Å². The van der Waals surface area contributed by atoms with E-state index in [2.05, 4.69) is 37.2 Å². The third-order valence-corrected chi connectivity index (χ3v) is 13.5. The van der Waals surface area contributed by atoms with Gasteiger partial charge in [0.25, 0.3) is 0 Å². The van der Waals surface area contributed by atoms with Crippen LogP contribution in [0.2, 0.25) is 0 Å². The number of benzene rings is 1. The highest BCUT2D eigenvalue weighted by molar-refractivity contribution is 7.98. The van der Waals surface area contributed by atoms with Gasteiger partial charge in [-0.25, -0.2) is 4.79 Å². The van der Waals surface area contributed by atoms with Crippen LogP contribution in [0.25, 0.3) is 0 Å². The highest BCUT2D eigenvalue weighted by atomic mass is 32.2. The predicted molar refractivity (Wildman–Crippen MR) is 280 cm³/mol. The number of carbonyl (C=O) groups is 9. The molecule has 8 amide bonds. The number of phenolic OH excluding ortho intramolecular Hbond substituents is 1. The molecule has 0 aliphatic carbocycles. The van der Waals surface area contributed by atoms with Gasteiger partial charge < -0.3 is 80.4 Å². The molecule has 418 valence electrons. The number of likely N-dealkylation sites (tertiary alicyclic amines) is 1. The van der Waals surface area contributed by atoms with Crippen LogP contribution in [-0.4, -0.2) is 173 Å². The van der Waals surface area contributed by atoms with Gasteiger partial charge in [0.2, 0.25) is 47.3 Å². The van der Waals surface area contributed by atoms with Crippen molar-refractivity contribution in [3.05, 3.63) is 29.8 Å². The minimum atomic E-state index is -1.60. The number of hydrogen-bond donors (Lipinski definition) is 14. The number of thioether (sulfide) groups is 1. The molecule has 0 radical (unpaired) electrons. The van der Waals surface area contributed by atoms with E-state index in [9.17, 15) is 58.5 Å². The molecule has 1 aromatic carbocycles. The van der Waals surface area contributed by atoms with E-state index in [1.807, 2.05) is 6.92 Å². The molecule has 25 heteroatoms. The van der Waals surface area contributed by atoms with Gasteiger partial charge in [-0.2, -0.15) is 11.8 Å². The second-order valence-corrected chi connectivity index (χ2v) is 19.7. The average Bonchev–Trinajstić information content (AvgIpc) is 3.87. The Morgan fingerprint density at radius 2 is 1.22 bits per heavy atom. The minimum absolute atomic E-state index is 0.0268. The summed E-state index contributed by atoms with van der Waals surface area (Å²) < 4.78 is 0. The Bertz CT molecular complexity index is 1970. The molecule has 0 unspecified atom stereocenters. The zero-order valence-electron chi connectivity index (χ0n) is 43.4. The highest BCUT2D eigenvalue weighted by Gasteiger charge is 2.41. The van der Waals surface area contributed by atoms with Crippen molar-refractivity contribution in [2.45, 2.75) is 165 Å². The Morgan fingerprint density at radius 1 is 0.689 bits per heavy atom. The number of nitrogens with two attached hydrogens (primary N) is 4. The molecule has 1 saturated heterocycles. The van der Waals surface area contributed by atoms with Crippen molar-refractivity contribution in [2.24, 2.45) is 28.9 Å². The number of aliphatic hydroxyl groups excluding tert-OH is 1. The maximum absolute atomic E-state index is 14.5. The molecule has 0 aromatic heterocycles. The average molecular weight is 1070 g/mol. The van der Waals surface area contributed by atoms with Gasteiger partial charge in [-0.3, -0.25) is 38.4 Å². The van der Waals surface area contributed by atoms with Gasteiger partial charge in [0.05, 0.1) is 18.7 Å². The summed E-state index contributed by atoms with van der Waals surface area (Å²) in [6, 6.07) is -3.61. The number of phenols is 1. The van der Waals surface area contributed by atoms with E-state index in [0.717, 1.165) is 0 Å². The van der Waals surface area contributed by atoms with Crippen molar-refractivity contribution in [1.29, 1.82) is 0 Å². The third-order valence-electron chi connectivity index (χ3n) is 12.8. The number of unbranched alkanes of at least 4 members (excludes halogenated alkanes) is 3. The van der Waals surface area contributed by atoms with Crippen molar-refractivity contribution >= 4 is 65.0 Å². The fourth-order valence-electron chi connectivity index (χ4n) is 8.15. The molecule has 2 rings (SSSR count). The van der Waals surface area contributed by atoms with Gasteiger partial charge in [0.15, 0.2) is 0 Å². The largest absolute Gasteiger partial charge is 0.508 e. The maximum Gasteiger partial charge on any atom is 0.326 e. The maximum atomic E-state index is 14.5. The summed E-state index contributed by atoms with van der Waals surface area (Å²) in [7, 11) is 0. The van der Waals surface area contributed by atoms with Crippen LogP contribution in [-0.2, 0) is 49.6 Å². The Labute approximate surface area is 438 Å². The predicted octanol–water partition coefficient (Wildman–Crippen LogP) is -2.07. The van der Waals surface area contributed by atoms with Crippen LogP contribution in [0.4, 0.5) is 0 Å². The van der Waals surface area contributed by atoms with Crippen molar-refractivity contribution in [1.82, 2.24) is 42.1 Å². The number of carboxylic acids is 1. The Balaban J connectivity index is 2.28. The second-order valence-electron chi connectivity index (χ2n) is 18.8. The number of aliphatic carboxylic acids is 1. The summed E-state index contributed by atoms with van der Waals surface area (Å²) in [6.07, 6.45) is 5.19.